The molecule has 0 aliphatic carbocycles. The predicted octanol–water partition coefficient (Wildman–Crippen LogP) is 2.93. The number of carbonyl (C=O) groups excluding carboxylic acids is 1. The molecule has 0 N–H and O–H groups in total. The topological polar surface area (TPSA) is 61.2 Å². The number of hydrogen-bond donors (Lipinski definition) is 0. The van der Waals surface area contributed by atoms with Crippen molar-refractivity contribution in [3.63, 3.8) is 0 Å². The minimum Gasteiger partial charge on any atom is -0.469 e. The molecule has 0 unspecified atom stereocenters. The minimum atomic E-state index is -0.247. The summed E-state index contributed by atoms with van der Waals surface area (Å²) >= 11 is 1.59. The lowest BCUT2D eigenvalue weighted by Gasteiger charge is -2.11. The first-order valence-electron chi connectivity index (χ1n) is 7.69. The lowest BCUT2D eigenvalue weighted by Crippen LogP contribution is -2.25. The van der Waals surface area contributed by atoms with Crippen LogP contribution in [0.1, 0.15) is 43.8 Å². The van der Waals surface area contributed by atoms with Gasteiger partial charge in [0.25, 0.3) is 5.56 Å². The van der Waals surface area contributed by atoms with E-state index in [9.17, 15) is 9.59 Å². The third-order valence-electron chi connectivity index (χ3n) is 3.59. The van der Waals surface area contributed by atoms with E-state index in [2.05, 4.69) is 23.6 Å². The number of aryl methyl sites for hydroxylation is 2. The van der Waals surface area contributed by atoms with Crippen molar-refractivity contribution in [2.24, 2.45) is 0 Å². The average molecular weight is 322 g/mol. The molecule has 0 aliphatic rings. The highest BCUT2D eigenvalue weighted by atomic mass is 32.1. The van der Waals surface area contributed by atoms with Crippen molar-refractivity contribution >= 4 is 27.5 Å². The summed E-state index contributed by atoms with van der Waals surface area (Å²) in [6, 6.07) is 1.95. The molecule has 22 heavy (non-hydrogen) atoms. The number of ether oxygens (including phenoxy) is 1. The van der Waals surface area contributed by atoms with Gasteiger partial charge in [-0.05, 0) is 25.3 Å². The van der Waals surface area contributed by atoms with Crippen molar-refractivity contribution in [2.75, 3.05) is 7.11 Å². The summed E-state index contributed by atoms with van der Waals surface area (Å²) in [4.78, 5) is 30.6. The second-order valence-corrected chi connectivity index (χ2v) is 6.31. The molecule has 2 aromatic rings. The van der Waals surface area contributed by atoms with E-state index < -0.39 is 0 Å². The Morgan fingerprint density at radius 2 is 2.18 bits per heavy atom. The van der Waals surface area contributed by atoms with Gasteiger partial charge in [-0.25, -0.2) is 4.98 Å². The van der Waals surface area contributed by atoms with Crippen LogP contribution in [0.15, 0.2) is 10.9 Å². The molecule has 0 radical (unpaired) electrons. The Bertz CT molecular complexity index is 718. The summed E-state index contributed by atoms with van der Waals surface area (Å²) in [5, 5.41) is 0.694. The Hall–Kier alpha value is -1.69. The van der Waals surface area contributed by atoms with Crippen LogP contribution in [0.5, 0.6) is 0 Å². The lowest BCUT2D eigenvalue weighted by atomic mass is 10.2. The standard InChI is InChI=1S/C16H22N2O3S/c1-4-7-13-17-15-12(10-11(5-2)22-15)16(20)18(13)9-6-8-14(19)21-3/h10H,4-9H2,1-3H3. The van der Waals surface area contributed by atoms with Crippen LogP contribution in [0.2, 0.25) is 0 Å². The van der Waals surface area contributed by atoms with E-state index in [0.29, 0.717) is 24.8 Å². The quantitative estimate of drug-likeness (QED) is 0.735. The number of aromatic nitrogens is 2. The molecule has 0 saturated heterocycles. The number of nitrogens with zero attached hydrogens (tertiary/aromatic N) is 2. The third kappa shape index (κ3) is 3.55. The van der Waals surface area contributed by atoms with Gasteiger partial charge in [0.2, 0.25) is 0 Å². The molecule has 2 heterocycles. The van der Waals surface area contributed by atoms with Crippen molar-refractivity contribution in [3.05, 3.63) is 27.1 Å². The van der Waals surface area contributed by atoms with Crippen molar-refractivity contribution < 1.29 is 9.53 Å². The first-order chi connectivity index (χ1) is 10.6. The number of carbonyl (C=O) groups is 1. The largest absolute Gasteiger partial charge is 0.469 e. The second-order valence-electron chi connectivity index (χ2n) is 5.20. The first kappa shape index (κ1) is 16.7. The molecule has 0 aliphatic heterocycles. The van der Waals surface area contributed by atoms with Gasteiger partial charge in [0.05, 0.1) is 12.5 Å². The lowest BCUT2D eigenvalue weighted by molar-refractivity contribution is -0.140. The normalized spacial score (nSPS) is 11.0. The summed E-state index contributed by atoms with van der Waals surface area (Å²) in [6.07, 6.45) is 3.51. The minimum absolute atomic E-state index is 0.00858. The van der Waals surface area contributed by atoms with Crippen LogP contribution >= 0.6 is 11.3 Å². The second kappa shape index (κ2) is 7.54. The van der Waals surface area contributed by atoms with E-state index in [0.717, 1.165) is 29.9 Å². The molecule has 0 amide bonds. The highest BCUT2D eigenvalue weighted by Crippen LogP contribution is 2.22. The molecule has 0 atom stereocenters. The highest BCUT2D eigenvalue weighted by molar-refractivity contribution is 7.18. The number of methoxy groups -OCH3 is 1. The van der Waals surface area contributed by atoms with E-state index in [-0.39, 0.29) is 11.5 Å². The molecule has 5 nitrogen and oxygen atoms in total. The molecular formula is C16H22N2O3S. The number of hydrogen-bond acceptors (Lipinski definition) is 5. The maximum absolute atomic E-state index is 12.7. The zero-order chi connectivity index (χ0) is 16.1. The summed E-state index contributed by atoms with van der Waals surface area (Å²) < 4.78 is 6.37. The van der Waals surface area contributed by atoms with Gasteiger partial charge in [0.1, 0.15) is 10.7 Å². The van der Waals surface area contributed by atoms with Crippen LogP contribution in [0.3, 0.4) is 0 Å². The molecule has 120 valence electrons. The van der Waals surface area contributed by atoms with Gasteiger partial charge < -0.3 is 4.74 Å². The average Bonchev–Trinajstić information content (AvgIpc) is 2.93. The fraction of sp³-hybridized carbons (Fsp3) is 0.562. The van der Waals surface area contributed by atoms with E-state index in [1.54, 1.807) is 15.9 Å². The van der Waals surface area contributed by atoms with Gasteiger partial charge in [0, 0.05) is 24.3 Å². The molecule has 0 spiro atoms. The van der Waals surface area contributed by atoms with Crippen molar-refractivity contribution in [1.29, 1.82) is 0 Å². The Morgan fingerprint density at radius 1 is 1.41 bits per heavy atom. The number of rotatable bonds is 7. The van der Waals surface area contributed by atoms with Gasteiger partial charge in [0.15, 0.2) is 0 Å². The molecule has 2 rings (SSSR count). The van der Waals surface area contributed by atoms with E-state index in [1.807, 2.05) is 6.07 Å². The third-order valence-corrected chi connectivity index (χ3v) is 4.77. The summed E-state index contributed by atoms with van der Waals surface area (Å²) in [5.74, 6) is 0.567. The Balaban J connectivity index is 2.36. The van der Waals surface area contributed by atoms with Crippen molar-refractivity contribution in [3.8, 4) is 0 Å². The maximum Gasteiger partial charge on any atom is 0.305 e. The highest BCUT2D eigenvalue weighted by Gasteiger charge is 2.13. The first-order valence-corrected chi connectivity index (χ1v) is 8.51. The van der Waals surface area contributed by atoms with Gasteiger partial charge in [-0.1, -0.05) is 13.8 Å². The zero-order valence-corrected chi connectivity index (χ0v) is 14.2. The Morgan fingerprint density at radius 3 is 2.82 bits per heavy atom. The Kier molecular flexibility index (Phi) is 5.71. The van der Waals surface area contributed by atoms with E-state index in [4.69, 9.17) is 0 Å². The molecule has 0 saturated carbocycles. The number of fused-ring (bicyclic) bond motifs is 1. The van der Waals surface area contributed by atoms with Gasteiger partial charge >= 0.3 is 5.97 Å². The van der Waals surface area contributed by atoms with Crippen LogP contribution in [-0.2, 0) is 28.9 Å². The van der Waals surface area contributed by atoms with E-state index in [1.165, 1.54) is 12.0 Å². The van der Waals surface area contributed by atoms with Crippen LogP contribution in [0.4, 0.5) is 0 Å². The molecule has 0 bridgehead atoms. The molecular weight excluding hydrogens is 300 g/mol. The van der Waals surface area contributed by atoms with Crippen LogP contribution in [0, 0.1) is 0 Å². The van der Waals surface area contributed by atoms with Crippen molar-refractivity contribution in [1.82, 2.24) is 9.55 Å². The molecule has 6 heteroatoms. The molecule has 0 aromatic carbocycles. The van der Waals surface area contributed by atoms with Crippen LogP contribution in [0.25, 0.3) is 10.2 Å². The summed E-state index contributed by atoms with van der Waals surface area (Å²) in [7, 11) is 1.38. The van der Waals surface area contributed by atoms with Gasteiger partial charge in [-0.2, -0.15) is 0 Å². The summed E-state index contributed by atoms with van der Waals surface area (Å²) in [5.41, 5.74) is 0.00858. The summed E-state index contributed by atoms with van der Waals surface area (Å²) in [6.45, 7) is 4.65. The number of thiophene rings is 1. The molecule has 0 fully saturated rings. The fourth-order valence-corrected chi connectivity index (χ4v) is 3.39. The Labute approximate surface area is 133 Å². The van der Waals surface area contributed by atoms with Crippen LogP contribution in [-0.4, -0.2) is 22.6 Å². The molecule has 2 aromatic heterocycles. The monoisotopic (exact) mass is 322 g/mol. The van der Waals surface area contributed by atoms with Crippen LogP contribution < -0.4 is 5.56 Å². The number of esters is 1. The maximum atomic E-state index is 12.7. The fourth-order valence-electron chi connectivity index (χ4n) is 2.41. The predicted molar refractivity (Wildman–Crippen MR) is 88.5 cm³/mol. The van der Waals surface area contributed by atoms with Gasteiger partial charge in [-0.3, -0.25) is 14.2 Å². The van der Waals surface area contributed by atoms with Gasteiger partial charge in [-0.15, -0.1) is 11.3 Å². The van der Waals surface area contributed by atoms with E-state index >= 15 is 0 Å². The van der Waals surface area contributed by atoms with Crippen molar-refractivity contribution in [2.45, 2.75) is 52.5 Å². The smallest absolute Gasteiger partial charge is 0.305 e. The zero-order valence-electron chi connectivity index (χ0n) is 13.3. The SMILES string of the molecule is CCCc1nc2sc(CC)cc2c(=O)n1CCCC(=O)OC.